The van der Waals surface area contributed by atoms with Crippen molar-refractivity contribution in [1.82, 2.24) is 0 Å². The van der Waals surface area contributed by atoms with Crippen LogP contribution in [-0.2, 0) is 10.8 Å². The van der Waals surface area contributed by atoms with Crippen LogP contribution in [0.5, 0.6) is 0 Å². The summed E-state index contributed by atoms with van der Waals surface area (Å²) < 4.78 is 15.1. The molecule has 5 nitrogen and oxygen atoms in total. The van der Waals surface area contributed by atoms with Crippen LogP contribution in [0, 0.1) is 6.92 Å². The highest BCUT2D eigenvalue weighted by Crippen LogP contribution is 2.34. The standard InChI is InChI=1S/C52H66N4OS/c1-10-53(11-2)45-28-20-41(21-29-45)51(42-22-30-46(31-23-42)54(12-3)13-4)38-50(58(57)49-36-18-40(9)19-37-49)39-52(43-24-32-47(33-25-43)55(14-5)15-6)44-26-34-48(35-27-44)56(16-7)17-8/h18-39,50H,10-17H2,1-9H3. The molecule has 5 rings (SSSR count). The van der Waals surface area contributed by atoms with E-state index >= 15 is 4.21 Å². The first-order valence-electron chi connectivity index (χ1n) is 21.5. The van der Waals surface area contributed by atoms with Gasteiger partial charge in [0.15, 0.2) is 0 Å². The lowest BCUT2D eigenvalue weighted by Crippen LogP contribution is -2.21. The Kier molecular flexibility index (Phi) is 16.4. The fourth-order valence-corrected chi connectivity index (χ4v) is 9.05. The molecule has 0 saturated carbocycles. The molecular formula is C52H66N4OS. The van der Waals surface area contributed by atoms with E-state index in [1.54, 1.807) is 0 Å². The maximum absolute atomic E-state index is 15.1. The van der Waals surface area contributed by atoms with Gasteiger partial charge in [-0.3, -0.25) is 4.21 Å². The van der Waals surface area contributed by atoms with E-state index in [4.69, 9.17) is 0 Å². The smallest absolute Gasteiger partial charge is 0.0773 e. The van der Waals surface area contributed by atoms with Crippen LogP contribution in [0.4, 0.5) is 22.7 Å². The summed E-state index contributed by atoms with van der Waals surface area (Å²) in [4.78, 5) is 10.3. The number of benzene rings is 5. The monoisotopic (exact) mass is 794 g/mol. The first-order chi connectivity index (χ1) is 28.2. The minimum Gasteiger partial charge on any atom is -0.372 e. The van der Waals surface area contributed by atoms with E-state index in [0.717, 1.165) is 96.2 Å². The third-order valence-electron chi connectivity index (χ3n) is 11.4. The van der Waals surface area contributed by atoms with Gasteiger partial charge in [0.25, 0.3) is 0 Å². The largest absolute Gasteiger partial charge is 0.372 e. The summed E-state index contributed by atoms with van der Waals surface area (Å²) in [6.45, 7) is 27.2. The number of hydrogen-bond donors (Lipinski definition) is 0. The summed E-state index contributed by atoms with van der Waals surface area (Å²) >= 11 is 0. The van der Waals surface area contributed by atoms with Crippen molar-refractivity contribution in [2.24, 2.45) is 0 Å². The van der Waals surface area contributed by atoms with E-state index in [0.29, 0.717) is 0 Å². The molecule has 0 radical (unpaired) electrons. The van der Waals surface area contributed by atoms with Crippen LogP contribution in [0.3, 0.4) is 0 Å². The summed E-state index contributed by atoms with van der Waals surface area (Å²) in [5, 5.41) is -0.456. The first-order valence-corrected chi connectivity index (χ1v) is 22.8. The van der Waals surface area contributed by atoms with Crippen molar-refractivity contribution >= 4 is 44.7 Å². The molecule has 0 spiro atoms. The summed E-state index contributed by atoms with van der Waals surface area (Å²) in [5.41, 5.74) is 12.5. The topological polar surface area (TPSA) is 30.0 Å². The minimum absolute atomic E-state index is 0.456. The van der Waals surface area contributed by atoms with Crippen molar-refractivity contribution in [2.75, 3.05) is 72.0 Å². The van der Waals surface area contributed by atoms with Gasteiger partial charge in [-0.15, -0.1) is 0 Å². The second-order valence-electron chi connectivity index (χ2n) is 14.6. The molecule has 0 saturated heterocycles. The SMILES string of the molecule is CCN(CC)c1ccc(C(=CC(C=C(c2ccc(N(CC)CC)cc2)c2ccc(N(CC)CC)cc2)S(=O)c2ccc(C)cc2)c2ccc(N(CC)CC)cc2)cc1. The van der Waals surface area contributed by atoms with Gasteiger partial charge < -0.3 is 19.6 Å². The third kappa shape index (κ3) is 10.7. The summed E-state index contributed by atoms with van der Waals surface area (Å²) in [6.07, 6.45) is 4.51. The van der Waals surface area contributed by atoms with E-state index in [2.05, 4.69) is 203 Å². The Balaban J connectivity index is 1.77. The Morgan fingerprint density at radius 3 is 0.879 bits per heavy atom. The zero-order valence-electron chi connectivity index (χ0n) is 36.5. The van der Waals surface area contributed by atoms with E-state index < -0.39 is 16.0 Å². The molecule has 0 heterocycles. The van der Waals surface area contributed by atoms with Crippen LogP contribution >= 0.6 is 0 Å². The molecule has 6 heteroatoms. The molecule has 58 heavy (non-hydrogen) atoms. The van der Waals surface area contributed by atoms with E-state index in [1.165, 1.54) is 22.7 Å². The number of aryl methyl sites for hydroxylation is 1. The van der Waals surface area contributed by atoms with Crippen LogP contribution in [0.2, 0.25) is 0 Å². The molecular weight excluding hydrogens is 729 g/mol. The molecule has 306 valence electrons. The molecule has 0 amide bonds. The second-order valence-corrected chi connectivity index (χ2v) is 16.2. The van der Waals surface area contributed by atoms with Gasteiger partial charge >= 0.3 is 0 Å². The van der Waals surface area contributed by atoms with Crippen molar-refractivity contribution in [3.05, 3.63) is 161 Å². The Bertz CT molecular complexity index is 1830. The van der Waals surface area contributed by atoms with Gasteiger partial charge in [0.1, 0.15) is 0 Å². The van der Waals surface area contributed by atoms with Gasteiger partial charge in [0, 0.05) is 80.0 Å². The molecule has 5 aromatic rings. The molecule has 1 unspecified atom stereocenters. The molecule has 0 aliphatic carbocycles. The minimum atomic E-state index is -1.41. The second kappa shape index (κ2) is 21.6. The Morgan fingerprint density at radius 2 is 0.655 bits per heavy atom. The average Bonchev–Trinajstić information content (AvgIpc) is 3.27. The molecule has 0 aromatic heterocycles. The quantitative estimate of drug-likeness (QED) is 0.0783. The van der Waals surface area contributed by atoms with Gasteiger partial charge in [0.2, 0.25) is 0 Å². The van der Waals surface area contributed by atoms with E-state index in [-0.39, 0.29) is 0 Å². The average molecular weight is 795 g/mol. The van der Waals surface area contributed by atoms with Gasteiger partial charge in [0.05, 0.1) is 16.0 Å². The molecule has 0 aliphatic heterocycles. The van der Waals surface area contributed by atoms with Crippen LogP contribution in [0.1, 0.15) is 83.2 Å². The van der Waals surface area contributed by atoms with Crippen molar-refractivity contribution in [2.45, 2.75) is 72.5 Å². The zero-order chi connectivity index (χ0) is 41.6. The fourth-order valence-electron chi connectivity index (χ4n) is 7.81. The highest BCUT2D eigenvalue weighted by Gasteiger charge is 2.21. The highest BCUT2D eigenvalue weighted by atomic mass is 32.2. The van der Waals surface area contributed by atoms with Crippen molar-refractivity contribution in [3.63, 3.8) is 0 Å². The fraction of sp³-hybridized carbons (Fsp3) is 0.346. The first kappa shape index (κ1) is 44.0. The number of anilines is 4. The number of nitrogens with zero attached hydrogens (tertiary/aromatic N) is 4. The highest BCUT2D eigenvalue weighted by molar-refractivity contribution is 7.86. The Labute approximate surface area is 353 Å². The Morgan fingerprint density at radius 1 is 0.414 bits per heavy atom. The molecule has 5 aromatic carbocycles. The predicted molar refractivity (Wildman–Crippen MR) is 256 cm³/mol. The molecule has 0 fully saturated rings. The maximum atomic E-state index is 15.1. The lowest BCUT2D eigenvalue weighted by Gasteiger charge is -2.23. The Hall–Kier alpha value is -5.07. The van der Waals surface area contributed by atoms with E-state index in [1.807, 2.05) is 12.1 Å². The molecule has 0 bridgehead atoms. The van der Waals surface area contributed by atoms with Crippen molar-refractivity contribution in [3.8, 4) is 0 Å². The van der Waals surface area contributed by atoms with E-state index in [9.17, 15) is 0 Å². The molecule has 0 aliphatic rings. The predicted octanol–water partition coefficient (Wildman–Crippen LogP) is 12.1. The number of rotatable bonds is 20. The molecule has 1 atom stereocenters. The van der Waals surface area contributed by atoms with Crippen molar-refractivity contribution < 1.29 is 4.21 Å². The van der Waals surface area contributed by atoms with Crippen molar-refractivity contribution in [1.29, 1.82) is 0 Å². The summed E-state index contributed by atoms with van der Waals surface area (Å²) in [6, 6.07) is 43.8. The van der Waals surface area contributed by atoms with Gasteiger partial charge in [-0.1, -0.05) is 78.4 Å². The van der Waals surface area contributed by atoms with Gasteiger partial charge in [-0.2, -0.15) is 0 Å². The molecule has 0 N–H and O–H groups in total. The van der Waals surface area contributed by atoms with Crippen LogP contribution in [-0.4, -0.2) is 61.8 Å². The van der Waals surface area contributed by atoms with Crippen LogP contribution in [0.15, 0.2) is 138 Å². The van der Waals surface area contributed by atoms with Crippen LogP contribution < -0.4 is 19.6 Å². The summed E-state index contributed by atoms with van der Waals surface area (Å²) in [5.74, 6) is 0. The normalized spacial score (nSPS) is 11.6. The van der Waals surface area contributed by atoms with Gasteiger partial charge in [-0.05, 0) is 156 Å². The summed E-state index contributed by atoms with van der Waals surface area (Å²) in [7, 11) is -1.41. The maximum Gasteiger partial charge on any atom is 0.0773 e. The van der Waals surface area contributed by atoms with Gasteiger partial charge in [-0.25, -0.2) is 0 Å². The lowest BCUT2D eigenvalue weighted by molar-refractivity contribution is 0.682. The lowest BCUT2D eigenvalue weighted by atomic mass is 9.93. The van der Waals surface area contributed by atoms with Crippen LogP contribution in [0.25, 0.3) is 11.1 Å². The third-order valence-corrected chi connectivity index (χ3v) is 12.9. The number of hydrogen-bond acceptors (Lipinski definition) is 5. The zero-order valence-corrected chi connectivity index (χ0v) is 37.4.